The van der Waals surface area contributed by atoms with E-state index in [2.05, 4.69) is 71.3 Å². The lowest BCUT2D eigenvalue weighted by molar-refractivity contribution is 1.02. The van der Waals surface area contributed by atoms with Gasteiger partial charge >= 0.3 is 0 Å². The Balaban J connectivity index is 1.45. The minimum absolute atomic E-state index is 0.0668. The molecule has 7 aromatic carbocycles. The highest BCUT2D eigenvalue weighted by Gasteiger charge is 2.23. The van der Waals surface area contributed by atoms with Crippen LogP contribution < -0.4 is 5.56 Å². The average Bonchev–Trinajstić information content (AvgIpc) is 3.50. The molecule has 0 spiro atoms. The number of hydrogen-bond donors (Lipinski definition) is 0. The van der Waals surface area contributed by atoms with Crippen LogP contribution in [0.2, 0.25) is 0 Å². The van der Waals surface area contributed by atoms with Crippen molar-refractivity contribution in [2.45, 2.75) is 0 Å². The van der Waals surface area contributed by atoms with Crippen molar-refractivity contribution >= 4 is 65.2 Å². The number of pyridine rings is 1. The molecule has 0 N–H and O–H groups in total. The standard InChI is InChI=1S/C43H26N4O/c48-42-34-25-24-33-38-30-18-8-7-13-27(30)23-26-37(38)47(43-44-35-21-11-9-19-31(35)40(45-43)28-14-3-1-4-15-28)41(33)39(34)32-20-10-12-22-36(32)46(42)29-16-5-2-6-17-29/h1-26H. The van der Waals surface area contributed by atoms with Gasteiger partial charge in [-0.05, 0) is 47.2 Å². The van der Waals surface area contributed by atoms with Crippen molar-refractivity contribution in [3.63, 3.8) is 0 Å². The van der Waals surface area contributed by atoms with Crippen LogP contribution >= 0.6 is 0 Å². The molecule has 10 aromatic rings. The van der Waals surface area contributed by atoms with E-state index in [9.17, 15) is 4.79 Å². The molecule has 0 aliphatic heterocycles. The molecule has 0 aliphatic rings. The molecule has 0 bridgehead atoms. The minimum Gasteiger partial charge on any atom is -0.277 e. The van der Waals surface area contributed by atoms with E-state index in [1.807, 2.05) is 95.6 Å². The van der Waals surface area contributed by atoms with Crippen LogP contribution in [0.3, 0.4) is 0 Å². The predicted octanol–water partition coefficient (Wildman–Crippen LogP) is 10.0. The molecule has 3 aromatic heterocycles. The van der Waals surface area contributed by atoms with E-state index in [-0.39, 0.29) is 5.56 Å². The summed E-state index contributed by atoms with van der Waals surface area (Å²) in [5.41, 5.74) is 6.26. The van der Waals surface area contributed by atoms with Crippen LogP contribution in [0.5, 0.6) is 0 Å². The first-order chi connectivity index (χ1) is 23.8. The Kier molecular flexibility index (Phi) is 5.66. The second kappa shape index (κ2) is 10.2. The van der Waals surface area contributed by atoms with Gasteiger partial charge in [-0.3, -0.25) is 13.9 Å². The van der Waals surface area contributed by atoms with Gasteiger partial charge in [-0.25, -0.2) is 9.97 Å². The fraction of sp³-hybridized carbons (Fsp3) is 0. The van der Waals surface area contributed by atoms with Gasteiger partial charge < -0.3 is 0 Å². The van der Waals surface area contributed by atoms with Crippen LogP contribution in [0.4, 0.5) is 0 Å². The number of rotatable bonds is 3. The van der Waals surface area contributed by atoms with Crippen molar-refractivity contribution in [3.8, 4) is 22.9 Å². The Bertz CT molecular complexity index is 2960. The molecule has 5 heteroatoms. The molecule has 0 atom stereocenters. The summed E-state index contributed by atoms with van der Waals surface area (Å²) in [7, 11) is 0. The second-order valence-electron chi connectivity index (χ2n) is 12.1. The van der Waals surface area contributed by atoms with E-state index in [1.165, 1.54) is 0 Å². The van der Waals surface area contributed by atoms with Crippen LogP contribution in [0.25, 0.3) is 88.0 Å². The first kappa shape index (κ1) is 26.6. The molecule has 0 aliphatic carbocycles. The number of hydrogen-bond acceptors (Lipinski definition) is 3. The van der Waals surface area contributed by atoms with Crippen molar-refractivity contribution in [1.29, 1.82) is 0 Å². The average molecular weight is 615 g/mol. The minimum atomic E-state index is -0.0668. The van der Waals surface area contributed by atoms with E-state index in [4.69, 9.17) is 9.97 Å². The Labute approximate surface area is 274 Å². The van der Waals surface area contributed by atoms with Crippen LogP contribution in [-0.4, -0.2) is 19.1 Å². The fourth-order valence-electron chi connectivity index (χ4n) is 7.46. The molecule has 0 radical (unpaired) electrons. The quantitative estimate of drug-likeness (QED) is 0.186. The molecule has 0 fully saturated rings. The molecule has 0 saturated heterocycles. The van der Waals surface area contributed by atoms with Gasteiger partial charge in [0.2, 0.25) is 5.95 Å². The monoisotopic (exact) mass is 614 g/mol. The number of fused-ring (bicyclic) bond motifs is 10. The molecule has 0 amide bonds. The molecule has 0 unspecified atom stereocenters. The number of aromatic nitrogens is 4. The SMILES string of the molecule is O=c1c2ccc3c4c5ccccc5ccc4n(-c4nc(-c5ccccc5)c5ccccc5n4)c3c2c2ccccc2n1-c1ccccc1. The summed E-state index contributed by atoms with van der Waals surface area (Å²) in [4.78, 5) is 25.2. The van der Waals surface area contributed by atoms with Gasteiger partial charge in [0.15, 0.2) is 0 Å². The van der Waals surface area contributed by atoms with Gasteiger partial charge in [0.05, 0.1) is 33.1 Å². The van der Waals surface area contributed by atoms with E-state index in [1.54, 1.807) is 0 Å². The summed E-state index contributed by atoms with van der Waals surface area (Å²) in [6.45, 7) is 0. The lowest BCUT2D eigenvalue weighted by Crippen LogP contribution is -2.19. The summed E-state index contributed by atoms with van der Waals surface area (Å²) in [5.74, 6) is 0.562. The predicted molar refractivity (Wildman–Crippen MR) is 197 cm³/mol. The van der Waals surface area contributed by atoms with Crippen molar-refractivity contribution in [2.75, 3.05) is 0 Å². The smallest absolute Gasteiger partial charge is 0.263 e. The molecule has 3 heterocycles. The topological polar surface area (TPSA) is 52.7 Å². The molecule has 48 heavy (non-hydrogen) atoms. The summed E-state index contributed by atoms with van der Waals surface area (Å²) in [5, 5.41) is 7.95. The van der Waals surface area contributed by atoms with Gasteiger partial charge in [-0.15, -0.1) is 0 Å². The Morgan fingerprint density at radius 3 is 1.94 bits per heavy atom. The Morgan fingerprint density at radius 1 is 0.438 bits per heavy atom. The summed E-state index contributed by atoms with van der Waals surface area (Å²) in [6, 6.07) is 53.4. The molecular formula is C43H26N4O. The third-order valence-electron chi connectivity index (χ3n) is 9.52. The zero-order chi connectivity index (χ0) is 31.8. The van der Waals surface area contributed by atoms with Gasteiger partial charge in [-0.2, -0.15) is 0 Å². The van der Waals surface area contributed by atoms with Crippen LogP contribution in [0.15, 0.2) is 163 Å². The maximum atomic E-state index is 14.6. The Morgan fingerprint density at radius 2 is 1.10 bits per heavy atom. The number of nitrogens with zero attached hydrogens (tertiary/aromatic N) is 4. The first-order valence-electron chi connectivity index (χ1n) is 16.1. The summed E-state index contributed by atoms with van der Waals surface area (Å²) < 4.78 is 4.00. The van der Waals surface area contributed by atoms with Gasteiger partial charge in [0.1, 0.15) is 0 Å². The van der Waals surface area contributed by atoms with Crippen molar-refractivity contribution in [3.05, 3.63) is 168 Å². The maximum absolute atomic E-state index is 14.6. The third kappa shape index (κ3) is 3.76. The van der Waals surface area contributed by atoms with Gasteiger partial charge in [-0.1, -0.05) is 121 Å². The number of para-hydroxylation sites is 3. The molecular weight excluding hydrogens is 589 g/mol. The van der Waals surface area contributed by atoms with E-state index < -0.39 is 0 Å². The highest BCUT2D eigenvalue weighted by molar-refractivity contribution is 6.29. The van der Waals surface area contributed by atoms with E-state index in [0.29, 0.717) is 11.3 Å². The van der Waals surface area contributed by atoms with E-state index in [0.717, 1.165) is 76.7 Å². The lowest BCUT2D eigenvalue weighted by Gasteiger charge is -2.16. The highest BCUT2D eigenvalue weighted by atomic mass is 16.1. The third-order valence-corrected chi connectivity index (χ3v) is 9.52. The molecule has 224 valence electrons. The van der Waals surface area contributed by atoms with Crippen molar-refractivity contribution in [1.82, 2.24) is 19.1 Å². The first-order valence-corrected chi connectivity index (χ1v) is 16.1. The van der Waals surface area contributed by atoms with Crippen LogP contribution in [-0.2, 0) is 0 Å². The summed E-state index contributed by atoms with van der Waals surface area (Å²) >= 11 is 0. The second-order valence-corrected chi connectivity index (χ2v) is 12.1. The van der Waals surface area contributed by atoms with E-state index >= 15 is 0 Å². The lowest BCUT2D eigenvalue weighted by atomic mass is 10.00. The largest absolute Gasteiger partial charge is 0.277 e. The maximum Gasteiger partial charge on any atom is 0.263 e. The highest BCUT2D eigenvalue weighted by Crippen LogP contribution is 2.41. The molecule has 10 rings (SSSR count). The van der Waals surface area contributed by atoms with Gasteiger partial charge in [0.25, 0.3) is 5.56 Å². The normalized spacial score (nSPS) is 11.8. The van der Waals surface area contributed by atoms with Crippen LogP contribution in [0, 0.1) is 0 Å². The zero-order valence-electron chi connectivity index (χ0n) is 25.7. The molecule has 0 saturated carbocycles. The van der Waals surface area contributed by atoms with Crippen LogP contribution in [0.1, 0.15) is 0 Å². The van der Waals surface area contributed by atoms with Crippen molar-refractivity contribution in [2.24, 2.45) is 0 Å². The number of benzene rings is 7. The van der Waals surface area contributed by atoms with Crippen molar-refractivity contribution < 1.29 is 0 Å². The fourth-order valence-corrected chi connectivity index (χ4v) is 7.46. The van der Waals surface area contributed by atoms with Gasteiger partial charge in [0, 0.05) is 38.2 Å². The zero-order valence-corrected chi connectivity index (χ0v) is 25.7. The summed E-state index contributed by atoms with van der Waals surface area (Å²) in [6.07, 6.45) is 0. The Hall–Kier alpha value is -6.59. The molecule has 5 nitrogen and oxygen atoms in total.